The number of ketones is 1. The number of phenols is 1. The van der Waals surface area contributed by atoms with Gasteiger partial charge in [0.2, 0.25) is 0 Å². The molecule has 2 aromatic carbocycles. The number of ether oxygens (including phenoxy) is 2. The highest BCUT2D eigenvalue weighted by Gasteiger charge is 2.51. The van der Waals surface area contributed by atoms with Gasteiger partial charge in [0.05, 0.1) is 18.1 Å². The van der Waals surface area contributed by atoms with Gasteiger partial charge >= 0.3 is 5.97 Å². The molecule has 0 spiro atoms. The maximum Gasteiger partial charge on any atom is 0.302 e. The van der Waals surface area contributed by atoms with Gasteiger partial charge in [0.1, 0.15) is 18.1 Å². The molecule has 0 saturated heterocycles. The quantitative estimate of drug-likeness (QED) is 0.707. The minimum atomic E-state index is -0.692. The van der Waals surface area contributed by atoms with Crippen LogP contribution in [0.5, 0.6) is 5.75 Å². The predicted molar refractivity (Wildman–Crippen MR) is 109 cm³/mol. The van der Waals surface area contributed by atoms with Gasteiger partial charge in [0.15, 0.2) is 0 Å². The molecule has 1 unspecified atom stereocenters. The van der Waals surface area contributed by atoms with Gasteiger partial charge in [0, 0.05) is 6.92 Å². The van der Waals surface area contributed by atoms with Crippen LogP contribution in [0.1, 0.15) is 50.3 Å². The van der Waals surface area contributed by atoms with Gasteiger partial charge in [-0.05, 0) is 54.5 Å². The van der Waals surface area contributed by atoms with E-state index in [0.29, 0.717) is 12.5 Å². The number of hydrogen-bond donors (Lipinski definition) is 1. The van der Waals surface area contributed by atoms with E-state index in [1.165, 1.54) is 6.92 Å². The van der Waals surface area contributed by atoms with Crippen molar-refractivity contribution in [2.75, 3.05) is 0 Å². The van der Waals surface area contributed by atoms with Gasteiger partial charge in [-0.1, -0.05) is 43.3 Å². The second-order valence-corrected chi connectivity index (χ2v) is 8.02. The summed E-state index contributed by atoms with van der Waals surface area (Å²) in [5.41, 5.74) is 2.12. The summed E-state index contributed by atoms with van der Waals surface area (Å²) in [5, 5.41) is 9.64. The molecule has 1 aliphatic rings. The molecular formula is C24H28O5. The molecule has 3 atom stereocenters. The van der Waals surface area contributed by atoms with E-state index in [1.807, 2.05) is 36.4 Å². The fourth-order valence-corrected chi connectivity index (χ4v) is 4.29. The van der Waals surface area contributed by atoms with Crippen LogP contribution in [0, 0.1) is 5.92 Å². The zero-order chi connectivity index (χ0) is 21.0. The van der Waals surface area contributed by atoms with Crippen LogP contribution in [0.3, 0.4) is 0 Å². The van der Waals surface area contributed by atoms with E-state index in [2.05, 4.69) is 6.92 Å². The van der Waals surface area contributed by atoms with Crippen molar-refractivity contribution in [2.24, 2.45) is 5.92 Å². The lowest BCUT2D eigenvalue weighted by atomic mass is 9.73. The Morgan fingerprint density at radius 1 is 1.00 bits per heavy atom. The number of esters is 1. The normalized spacial score (nSPS) is 23.7. The molecule has 3 rings (SSSR count). The van der Waals surface area contributed by atoms with Crippen molar-refractivity contribution in [3.8, 4) is 5.75 Å². The highest BCUT2D eigenvalue weighted by atomic mass is 16.5. The average Bonchev–Trinajstić information content (AvgIpc) is 3.03. The molecule has 0 aliphatic heterocycles. The Balaban J connectivity index is 1.75. The molecule has 154 valence electrons. The molecule has 0 amide bonds. The number of rotatable bonds is 7. The summed E-state index contributed by atoms with van der Waals surface area (Å²) < 4.78 is 11.3. The third-order valence-electron chi connectivity index (χ3n) is 5.76. The summed E-state index contributed by atoms with van der Waals surface area (Å²) in [6.07, 6.45) is 1.32. The van der Waals surface area contributed by atoms with Gasteiger partial charge in [-0.25, -0.2) is 0 Å². The molecule has 0 radical (unpaired) electrons. The number of benzene rings is 2. The molecule has 1 aliphatic carbocycles. The Hall–Kier alpha value is -2.66. The number of aromatic hydroxyl groups is 1. The fourth-order valence-electron chi connectivity index (χ4n) is 4.29. The molecule has 5 nitrogen and oxygen atoms in total. The number of Topliss-reactive ketones (excluding diaryl/α,β-unsaturated/α-hetero) is 1. The minimum absolute atomic E-state index is 0.0919. The van der Waals surface area contributed by atoms with Crippen molar-refractivity contribution in [3.05, 3.63) is 65.2 Å². The van der Waals surface area contributed by atoms with Gasteiger partial charge in [-0.2, -0.15) is 0 Å². The predicted octanol–water partition coefficient (Wildman–Crippen LogP) is 4.30. The Kier molecular flexibility index (Phi) is 6.38. The average molecular weight is 396 g/mol. The second-order valence-electron chi connectivity index (χ2n) is 8.02. The fraction of sp³-hybridized carbons (Fsp3) is 0.417. The molecule has 0 aromatic heterocycles. The van der Waals surface area contributed by atoms with Crippen LogP contribution in [0.4, 0.5) is 0 Å². The smallest absolute Gasteiger partial charge is 0.302 e. The molecule has 0 heterocycles. The highest BCUT2D eigenvalue weighted by molar-refractivity contribution is 5.89. The lowest BCUT2D eigenvalue weighted by Crippen LogP contribution is -2.43. The van der Waals surface area contributed by atoms with Crippen LogP contribution in [-0.4, -0.2) is 23.0 Å². The van der Waals surface area contributed by atoms with Gasteiger partial charge in [-0.15, -0.1) is 0 Å². The van der Waals surface area contributed by atoms with Crippen LogP contribution in [0.15, 0.2) is 48.5 Å². The minimum Gasteiger partial charge on any atom is -0.508 e. The molecule has 1 N–H and O–H groups in total. The first-order chi connectivity index (χ1) is 13.8. The van der Waals surface area contributed by atoms with Crippen LogP contribution in [0.25, 0.3) is 0 Å². The molecule has 1 fully saturated rings. The van der Waals surface area contributed by atoms with Crippen LogP contribution in [0.2, 0.25) is 0 Å². The third-order valence-corrected chi connectivity index (χ3v) is 5.76. The molecule has 2 aromatic rings. The van der Waals surface area contributed by atoms with Crippen LogP contribution >= 0.6 is 0 Å². The number of phenolic OH excluding ortho intramolecular Hbond substituents is 1. The van der Waals surface area contributed by atoms with Gasteiger partial charge in [0.25, 0.3) is 0 Å². The lowest BCUT2D eigenvalue weighted by molar-refractivity contribution is -0.142. The van der Waals surface area contributed by atoms with Crippen molar-refractivity contribution >= 4 is 11.8 Å². The first kappa shape index (κ1) is 21.1. The van der Waals surface area contributed by atoms with Crippen molar-refractivity contribution < 1.29 is 24.2 Å². The van der Waals surface area contributed by atoms with Crippen LogP contribution in [-0.2, 0) is 37.7 Å². The monoisotopic (exact) mass is 396 g/mol. The van der Waals surface area contributed by atoms with Crippen molar-refractivity contribution in [3.63, 3.8) is 0 Å². The second kappa shape index (κ2) is 8.78. The number of carbonyl (C=O) groups excluding carboxylic acids is 2. The van der Waals surface area contributed by atoms with Crippen LogP contribution < -0.4 is 0 Å². The van der Waals surface area contributed by atoms with Gasteiger partial charge in [-0.3, -0.25) is 9.59 Å². The van der Waals surface area contributed by atoms with E-state index in [0.717, 1.165) is 29.5 Å². The largest absolute Gasteiger partial charge is 0.508 e. The summed E-state index contributed by atoms with van der Waals surface area (Å²) in [7, 11) is 0. The van der Waals surface area contributed by atoms with E-state index < -0.39 is 5.41 Å². The third kappa shape index (κ3) is 4.67. The summed E-state index contributed by atoms with van der Waals surface area (Å²) in [5.74, 6) is 0.338. The SMILES string of the molecule is CC(=O)OCc1ccc(CO[C@@H]2CC(C)C[C@@]2(C(C)=O)c2ccc(O)cc2)cc1. The number of hydrogen-bond acceptors (Lipinski definition) is 5. The standard InChI is InChI=1S/C24H28O5/c1-16-12-23(24(13-16,17(2)25)21-8-10-22(27)11-9-21)29-15-20-6-4-19(5-7-20)14-28-18(3)26/h4-11,16,23,27H,12-15H2,1-3H3/t16?,23-,24-/m1/s1. The topological polar surface area (TPSA) is 72.8 Å². The Morgan fingerprint density at radius 3 is 2.14 bits per heavy atom. The molecule has 1 saturated carbocycles. The zero-order valence-electron chi connectivity index (χ0n) is 17.2. The first-order valence-corrected chi connectivity index (χ1v) is 9.94. The Bertz CT molecular complexity index is 856. The molecule has 0 bridgehead atoms. The molecule has 29 heavy (non-hydrogen) atoms. The number of carbonyl (C=O) groups is 2. The maximum atomic E-state index is 12.8. The van der Waals surface area contributed by atoms with E-state index >= 15 is 0 Å². The summed E-state index contributed by atoms with van der Waals surface area (Å²) >= 11 is 0. The van der Waals surface area contributed by atoms with Crippen molar-refractivity contribution in [1.82, 2.24) is 0 Å². The maximum absolute atomic E-state index is 12.8. The summed E-state index contributed by atoms with van der Waals surface area (Å²) in [6.45, 7) is 5.82. The van der Waals surface area contributed by atoms with E-state index in [1.54, 1.807) is 19.1 Å². The Labute approximate surface area is 171 Å². The molecule has 5 heteroatoms. The first-order valence-electron chi connectivity index (χ1n) is 9.94. The van der Waals surface area contributed by atoms with E-state index in [-0.39, 0.29) is 30.2 Å². The van der Waals surface area contributed by atoms with E-state index in [9.17, 15) is 14.7 Å². The summed E-state index contributed by atoms with van der Waals surface area (Å²) in [4.78, 5) is 23.7. The lowest BCUT2D eigenvalue weighted by Gasteiger charge is -2.33. The summed E-state index contributed by atoms with van der Waals surface area (Å²) in [6, 6.07) is 14.6. The van der Waals surface area contributed by atoms with Gasteiger partial charge < -0.3 is 14.6 Å². The molecular weight excluding hydrogens is 368 g/mol. The van der Waals surface area contributed by atoms with E-state index in [4.69, 9.17) is 9.47 Å². The van der Waals surface area contributed by atoms with Crippen molar-refractivity contribution in [2.45, 2.75) is 58.3 Å². The zero-order valence-corrected chi connectivity index (χ0v) is 17.2. The van der Waals surface area contributed by atoms with Crippen molar-refractivity contribution in [1.29, 1.82) is 0 Å². The Morgan fingerprint density at radius 2 is 1.59 bits per heavy atom. The highest BCUT2D eigenvalue weighted by Crippen LogP contribution is 2.47.